The quantitative estimate of drug-likeness (QED) is 0.542. The Morgan fingerprint density at radius 1 is 1.53 bits per heavy atom. The Kier molecular flexibility index (Phi) is 3.68. The third kappa shape index (κ3) is 2.30. The van der Waals surface area contributed by atoms with Gasteiger partial charge in [0.15, 0.2) is 0 Å². The van der Waals surface area contributed by atoms with Gasteiger partial charge in [-0.15, -0.1) is 6.58 Å². The summed E-state index contributed by atoms with van der Waals surface area (Å²) in [6.07, 6.45) is 6.60. The highest BCUT2D eigenvalue weighted by molar-refractivity contribution is 6.33. The summed E-state index contributed by atoms with van der Waals surface area (Å²) in [5.74, 6) is 0.734. The fraction of sp³-hybridized carbons (Fsp3) is 0.400. The number of hydrogen-bond donors (Lipinski definition) is 0. The van der Waals surface area contributed by atoms with Crippen molar-refractivity contribution in [1.82, 2.24) is 0 Å². The second-order valence-corrected chi connectivity index (χ2v) is 5.18. The van der Waals surface area contributed by atoms with Crippen LogP contribution in [-0.4, -0.2) is 6.72 Å². The summed E-state index contributed by atoms with van der Waals surface area (Å²) in [4.78, 5) is 4.04. The Labute approximate surface area is 108 Å². The molecule has 1 nitrogen and oxygen atoms in total. The second kappa shape index (κ2) is 5.05. The zero-order valence-corrected chi connectivity index (χ0v) is 11.1. The highest BCUT2D eigenvalue weighted by Crippen LogP contribution is 2.40. The Hall–Kier alpha value is -1.08. The van der Waals surface area contributed by atoms with Crippen molar-refractivity contribution in [3.63, 3.8) is 0 Å². The summed E-state index contributed by atoms with van der Waals surface area (Å²) in [6.45, 7) is 9.49. The molecule has 0 bridgehead atoms. The summed E-state index contributed by atoms with van der Waals surface area (Å²) >= 11 is 6.22. The van der Waals surface area contributed by atoms with E-state index in [-0.39, 0.29) is 0 Å². The predicted octanol–water partition coefficient (Wildman–Crippen LogP) is 4.66. The Morgan fingerprint density at radius 2 is 2.29 bits per heavy atom. The monoisotopic (exact) mass is 247 g/mol. The van der Waals surface area contributed by atoms with E-state index in [1.165, 1.54) is 23.1 Å². The van der Waals surface area contributed by atoms with Gasteiger partial charge in [-0.1, -0.05) is 17.7 Å². The molecule has 1 aliphatic rings. The highest BCUT2D eigenvalue weighted by Gasteiger charge is 2.24. The first kappa shape index (κ1) is 12.4. The number of aliphatic imine (C=N–C) groups is 1. The van der Waals surface area contributed by atoms with Crippen molar-refractivity contribution >= 4 is 24.0 Å². The van der Waals surface area contributed by atoms with Crippen LogP contribution in [0.2, 0.25) is 5.02 Å². The minimum atomic E-state index is 0.734. The van der Waals surface area contributed by atoms with Crippen molar-refractivity contribution in [3.05, 3.63) is 40.4 Å². The smallest absolute Gasteiger partial charge is 0.0840 e. The van der Waals surface area contributed by atoms with E-state index < -0.39 is 0 Å². The van der Waals surface area contributed by atoms with E-state index in [4.69, 9.17) is 11.6 Å². The van der Waals surface area contributed by atoms with E-state index in [9.17, 15) is 0 Å². The first-order valence-corrected chi connectivity index (χ1v) is 6.43. The number of fused-ring (bicyclic) bond motifs is 1. The predicted molar refractivity (Wildman–Crippen MR) is 75.7 cm³/mol. The SMILES string of the molecule is C=CCCC1Cc2cc(Cl)c(N=C)c(C)c2C1. The molecule has 1 aromatic carbocycles. The zero-order valence-electron chi connectivity index (χ0n) is 10.3. The molecular formula is C15H18ClN. The Bertz CT molecular complexity index is 462. The number of nitrogens with zero attached hydrogens (tertiary/aromatic N) is 1. The lowest BCUT2D eigenvalue weighted by Gasteiger charge is -2.09. The lowest BCUT2D eigenvalue weighted by atomic mass is 9.99. The van der Waals surface area contributed by atoms with Gasteiger partial charge in [-0.3, -0.25) is 4.99 Å². The second-order valence-electron chi connectivity index (χ2n) is 4.77. The zero-order chi connectivity index (χ0) is 12.4. The topological polar surface area (TPSA) is 12.4 Å². The molecule has 1 unspecified atom stereocenters. The van der Waals surface area contributed by atoms with Crippen molar-refractivity contribution in [3.8, 4) is 0 Å². The van der Waals surface area contributed by atoms with E-state index in [1.807, 2.05) is 6.08 Å². The van der Waals surface area contributed by atoms with Crippen LogP contribution in [0.15, 0.2) is 23.7 Å². The number of allylic oxidation sites excluding steroid dienone is 1. The van der Waals surface area contributed by atoms with Crippen molar-refractivity contribution in [2.24, 2.45) is 10.9 Å². The van der Waals surface area contributed by atoms with E-state index >= 15 is 0 Å². The van der Waals surface area contributed by atoms with E-state index in [1.54, 1.807) is 0 Å². The molecule has 0 spiro atoms. The minimum absolute atomic E-state index is 0.734. The molecule has 0 aliphatic heterocycles. The molecule has 90 valence electrons. The van der Waals surface area contributed by atoms with E-state index in [0.29, 0.717) is 0 Å². The Morgan fingerprint density at radius 3 is 2.94 bits per heavy atom. The summed E-state index contributed by atoms with van der Waals surface area (Å²) in [5, 5.41) is 0.737. The van der Waals surface area contributed by atoms with Crippen LogP contribution in [0.4, 0.5) is 5.69 Å². The maximum atomic E-state index is 6.22. The van der Waals surface area contributed by atoms with Crippen LogP contribution in [0.5, 0.6) is 0 Å². The van der Waals surface area contributed by atoms with Gasteiger partial charge < -0.3 is 0 Å². The van der Waals surface area contributed by atoms with Crippen molar-refractivity contribution in [2.45, 2.75) is 32.6 Å². The maximum Gasteiger partial charge on any atom is 0.0840 e. The molecule has 1 atom stereocenters. The van der Waals surface area contributed by atoms with Gasteiger partial charge in [0.2, 0.25) is 0 Å². The van der Waals surface area contributed by atoms with Crippen LogP contribution in [0, 0.1) is 12.8 Å². The molecule has 0 N–H and O–H groups in total. The van der Waals surface area contributed by atoms with Crippen molar-refractivity contribution in [2.75, 3.05) is 0 Å². The molecule has 0 fully saturated rings. The van der Waals surface area contributed by atoms with Gasteiger partial charge in [0.25, 0.3) is 0 Å². The van der Waals surface area contributed by atoms with Crippen LogP contribution in [0.1, 0.15) is 29.5 Å². The van der Waals surface area contributed by atoms with E-state index in [2.05, 4.69) is 31.3 Å². The molecule has 0 saturated heterocycles. The molecule has 1 aliphatic carbocycles. The van der Waals surface area contributed by atoms with Crippen LogP contribution in [0.25, 0.3) is 0 Å². The normalized spacial score (nSPS) is 17.9. The molecule has 2 rings (SSSR count). The number of rotatable bonds is 4. The van der Waals surface area contributed by atoms with Gasteiger partial charge >= 0.3 is 0 Å². The first-order valence-electron chi connectivity index (χ1n) is 6.05. The molecule has 0 heterocycles. The van der Waals surface area contributed by atoms with Gasteiger partial charge in [0.05, 0.1) is 10.7 Å². The van der Waals surface area contributed by atoms with Crippen molar-refractivity contribution in [1.29, 1.82) is 0 Å². The molecule has 2 heteroatoms. The fourth-order valence-electron chi connectivity index (χ4n) is 2.76. The average molecular weight is 248 g/mol. The van der Waals surface area contributed by atoms with Crippen LogP contribution >= 0.6 is 11.6 Å². The third-order valence-electron chi connectivity index (χ3n) is 3.66. The van der Waals surface area contributed by atoms with Gasteiger partial charge in [-0.05, 0) is 68.0 Å². The summed E-state index contributed by atoms with van der Waals surface area (Å²) < 4.78 is 0. The van der Waals surface area contributed by atoms with Gasteiger partial charge in [-0.25, -0.2) is 0 Å². The fourth-order valence-corrected chi connectivity index (χ4v) is 3.09. The third-order valence-corrected chi connectivity index (χ3v) is 3.95. The molecular weight excluding hydrogens is 230 g/mol. The van der Waals surface area contributed by atoms with Crippen LogP contribution in [-0.2, 0) is 12.8 Å². The van der Waals surface area contributed by atoms with Crippen molar-refractivity contribution < 1.29 is 0 Å². The highest BCUT2D eigenvalue weighted by atomic mass is 35.5. The summed E-state index contributed by atoms with van der Waals surface area (Å²) in [6, 6.07) is 2.07. The standard InChI is InChI=1S/C15H18ClN/c1-4-5-6-11-7-12-9-14(16)15(17-3)10(2)13(12)8-11/h4,9,11H,1,3,5-8H2,2H3. The summed E-state index contributed by atoms with van der Waals surface area (Å²) in [7, 11) is 0. The van der Waals surface area contributed by atoms with Gasteiger partial charge in [0, 0.05) is 0 Å². The molecule has 17 heavy (non-hydrogen) atoms. The van der Waals surface area contributed by atoms with Gasteiger partial charge in [0.1, 0.15) is 0 Å². The summed E-state index contributed by atoms with van der Waals surface area (Å²) in [5.41, 5.74) is 4.90. The molecule has 0 amide bonds. The molecule has 0 radical (unpaired) electrons. The molecule has 0 saturated carbocycles. The lowest BCUT2D eigenvalue weighted by molar-refractivity contribution is 0.519. The average Bonchev–Trinajstić information content (AvgIpc) is 2.70. The van der Waals surface area contributed by atoms with E-state index in [0.717, 1.165) is 35.9 Å². The number of benzene rings is 1. The largest absolute Gasteiger partial charge is 0.263 e. The molecule has 0 aromatic heterocycles. The first-order chi connectivity index (χ1) is 8.17. The Balaban J connectivity index is 2.29. The van der Waals surface area contributed by atoms with Crippen LogP contribution in [0.3, 0.4) is 0 Å². The van der Waals surface area contributed by atoms with Crippen LogP contribution < -0.4 is 0 Å². The maximum absolute atomic E-state index is 6.22. The number of halogens is 1. The minimum Gasteiger partial charge on any atom is -0.263 e. The van der Waals surface area contributed by atoms with Gasteiger partial charge in [-0.2, -0.15) is 0 Å². The lowest BCUT2D eigenvalue weighted by Crippen LogP contribution is -1.98. The number of hydrogen-bond acceptors (Lipinski definition) is 1. The molecule has 1 aromatic rings.